The summed E-state index contributed by atoms with van der Waals surface area (Å²) in [6, 6.07) is 5.74. The van der Waals surface area contributed by atoms with E-state index in [1.807, 2.05) is 39.0 Å². The second-order valence-electron chi connectivity index (χ2n) is 5.67. The molecule has 0 aliphatic carbocycles. The van der Waals surface area contributed by atoms with Crippen molar-refractivity contribution in [3.63, 3.8) is 0 Å². The molecule has 7 heteroatoms. The molecule has 0 unspecified atom stereocenters. The second-order valence-corrected chi connectivity index (χ2v) is 5.67. The van der Waals surface area contributed by atoms with E-state index in [0.29, 0.717) is 5.82 Å². The monoisotopic (exact) mass is 293 g/mol. The molecule has 21 heavy (non-hydrogen) atoms. The van der Waals surface area contributed by atoms with E-state index in [-0.39, 0.29) is 6.54 Å². The number of hydrogen-bond acceptors (Lipinski definition) is 4. The van der Waals surface area contributed by atoms with Crippen molar-refractivity contribution in [1.82, 2.24) is 15.3 Å². The molecule has 0 aliphatic rings. The number of alkyl carbamates (subject to hydrolysis) is 1. The number of carbonyl (C=O) groups excluding carboxylic acids is 1. The van der Waals surface area contributed by atoms with Gasteiger partial charge in [-0.2, -0.15) is 5.48 Å². The highest BCUT2D eigenvalue weighted by atomic mass is 16.6. The minimum atomic E-state index is -0.511. The Balaban J connectivity index is 2.01. The van der Waals surface area contributed by atoms with E-state index in [4.69, 9.17) is 9.57 Å². The highest BCUT2D eigenvalue weighted by molar-refractivity contribution is 5.77. The van der Waals surface area contributed by atoms with Crippen molar-refractivity contribution in [1.29, 1.82) is 0 Å². The van der Waals surface area contributed by atoms with Gasteiger partial charge in [0.1, 0.15) is 11.4 Å². The van der Waals surface area contributed by atoms with Crippen LogP contribution in [-0.4, -0.2) is 28.8 Å². The first kappa shape index (κ1) is 15.3. The van der Waals surface area contributed by atoms with Crippen LogP contribution in [0.15, 0.2) is 18.2 Å². The molecule has 0 spiro atoms. The summed E-state index contributed by atoms with van der Waals surface area (Å²) >= 11 is 0. The van der Waals surface area contributed by atoms with Crippen LogP contribution in [0.2, 0.25) is 0 Å². The van der Waals surface area contributed by atoms with E-state index in [1.165, 1.54) is 0 Å². The standard InChI is InChI=1S/C14H20N4O3/c1-14(2,3)21-13(19)15-8-12-16-10-6-5-9(18-20-4)7-11(10)17-12/h5-7,18H,8H2,1-4H3,(H,15,19)(H,16,17)/p+1. The van der Waals surface area contributed by atoms with Gasteiger partial charge in [-0.25, -0.2) is 14.6 Å². The quantitative estimate of drug-likeness (QED) is 0.586. The topological polar surface area (TPSA) is 92.9 Å². The van der Waals surface area contributed by atoms with Gasteiger partial charge in [0.25, 0.3) is 0 Å². The van der Waals surface area contributed by atoms with Crippen LogP contribution in [0.5, 0.6) is 0 Å². The molecule has 1 heterocycles. The van der Waals surface area contributed by atoms with Gasteiger partial charge in [0, 0.05) is 12.1 Å². The maximum Gasteiger partial charge on any atom is 0.408 e. The number of nitrogens with zero attached hydrogens (tertiary/aromatic N) is 1. The van der Waals surface area contributed by atoms with Crippen molar-refractivity contribution in [2.45, 2.75) is 32.9 Å². The number of nitrogens with two attached hydrogens (primary N) is 1. The predicted octanol–water partition coefficient (Wildman–Crippen LogP) is 1.34. The highest BCUT2D eigenvalue weighted by Crippen LogP contribution is 2.14. The Morgan fingerprint density at radius 2 is 2.19 bits per heavy atom. The summed E-state index contributed by atoms with van der Waals surface area (Å²) in [5.41, 5.74) is 3.81. The van der Waals surface area contributed by atoms with Crippen molar-refractivity contribution in [3.05, 3.63) is 24.0 Å². The SMILES string of the molecule is CO[NH2+]c1ccc2nc(CNC(=O)OC(C)(C)C)[nH]c2c1. The third kappa shape index (κ3) is 4.44. The number of nitrogens with one attached hydrogen (secondary N) is 2. The Morgan fingerprint density at radius 1 is 1.43 bits per heavy atom. The van der Waals surface area contributed by atoms with Crippen LogP contribution in [0, 0.1) is 0 Å². The number of aromatic nitrogens is 2. The Bertz CT molecular complexity index is 631. The van der Waals surface area contributed by atoms with Crippen LogP contribution in [0.1, 0.15) is 26.6 Å². The molecule has 0 saturated heterocycles. The van der Waals surface area contributed by atoms with E-state index < -0.39 is 11.7 Å². The average Bonchev–Trinajstić information content (AvgIpc) is 2.77. The first-order valence-electron chi connectivity index (χ1n) is 6.69. The molecule has 2 aromatic rings. The van der Waals surface area contributed by atoms with E-state index in [9.17, 15) is 4.79 Å². The summed E-state index contributed by atoms with van der Waals surface area (Å²) in [5.74, 6) is 0.672. The zero-order valence-electron chi connectivity index (χ0n) is 12.7. The van der Waals surface area contributed by atoms with Gasteiger partial charge in [-0.15, -0.1) is 0 Å². The van der Waals surface area contributed by atoms with Crippen LogP contribution in [0.4, 0.5) is 10.5 Å². The van der Waals surface area contributed by atoms with Crippen LogP contribution >= 0.6 is 0 Å². The number of hydrogen-bond donors (Lipinski definition) is 3. The highest BCUT2D eigenvalue weighted by Gasteiger charge is 2.16. The van der Waals surface area contributed by atoms with Crippen molar-refractivity contribution in [3.8, 4) is 0 Å². The molecule has 4 N–H and O–H groups in total. The average molecular weight is 293 g/mol. The van der Waals surface area contributed by atoms with Crippen molar-refractivity contribution < 1.29 is 19.8 Å². The first-order valence-corrected chi connectivity index (χ1v) is 6.69. The smallest absolute Gasteiger partial charge is 0.408 e. The zero-order valence-corrected chi connectivity index (χ0v) is 12.7. The van der Waals surface area contributed by atoms with E-state index in [0.717, 1.165) is 16.7 Å². The summed E-state index contributed by atoms with van der Waals surface area (Å²) in [7, 11) is 1.60. The number of carbonyl (C=O) groups is 1. The molecule has 2 rings (SSSR count). The third-order valence-corrected chi connectivity index (χ3v) is 2.61. The first-order chi connectivity index (χ1) is 9.87. The number of aromatic amines is 1. The van der Waals surface area contributed by atoms with Gasteiger partial charge in [-0.1, -0.05) is 0 Å². The van der Waals surface area contributed by atoms with E-state index in [2.05, 4.69) is 15.3 Å². The zero-order chi connectivity index (χ0) is 15.5. The lowest BCUT2D eigenvalue weighted by Gasteiger charge is -2.19. The molecule has 0 atom stereocenters. The number of quaternary nitrogens is 1. The number of ether oxygens (including phenoxy) is 1. The van der Waals surface area contributed by atoms with Crippen LogP contribution < -0.4 is 10.8 Å². The maximum atomic E-state index is 11.6. The van der Waals surface area contributed by atoms with Gasteiger partial charge < -0.3 is 15.0 Å². The minimum absolute atomic E-state index is 0.285. The molecule has 0 saturated carbocycles. The summed E-state index contributed by atoms with van der Waals surface area (Å²) in [5, 5.41) is 2.67. The number of fused-ring (bicyclic) bond motifs is 1. The number of imidazole rings is 1. The van der Waals surface area contributed by atoms with Gasteiger partial charge in [0.05, 0.1) is 24.7 Å². The molecular weight excluding hydrogens is 272 g/mol. The third-order valence-electron chi connectivity index (χ3n) is 2.61. The van der Waals surface area contributed by atoms with Crippen molar-refractivity contribution in [2.24, 2.45) is 0 Å². The van der Waals surface area contributed by atoms with Crippen LogP contribution in [0.25, 0.3) is 11.0 Å². The molecule has 7 nitrogen and oxygen atoms in total. The Hall–Kier alpha value is -2.12. The molecule has 1 amide bonds. The van der Waals surface area contributed by atoms with Gasteiger partial charge in [-0.3, -0.25) is 0 Å². The van der Waals surface area contributed by atoms with Gasteiger partial charge in [0.15, 0.2) is 5.69 Å². The van der Waals surface area contributed by atoms with E-state index in [1.54, 1.807) is 12.6 Å². The number of benzene rings is 1. The lowest BCUT2D eigenvalue weighted by atomic mass is 10.2. The second kappa shape index (κ2) is 6.11. The van der Waals surface area contributed by atoms with Crippen molar-refractivity contribution in [2.75, 3.05) is 7.11 Å². The van der Waals surface area contributed by atoms with Crippen molar-refractivity contribution >= 4 is 22.8 Å². The number of H-pyrrole nitrogens is 1. The Labute approximate surface area is 123 Å². The predicted molar refractivity (Wildman–Crippen MR) is 77.8 cm³/mol. The fourth-order valence-electron chi connectivity index (χ4n) is 1.84. The molecule has 0 bridgehead atoms. The van der Waals surface area contributed by atoms with E-state index >= 15 is 0 Å². The molecular formula is C14H21N4O3+. The van der Waals surface area contributed by atoms with Crippen LogP contribution in [-0.2, 0) is 16.1 Å². The molecule has 0 fully saturated rings. The minimum Gasteiger partial charge on any atom is -0.444 e. The normalized spacial score (nSPS) is 11.6. The summed E-state index contributed by atoms with van der Waals surface area (Å²) in [6.45, 7) is 5.75. The summed E-state index contributed by atoms with van der Waals surface area (Å²) in [4.78, 5) is 24.1. The maximum absolute atomic E-state index is 11.6. The van der Waals surface area contributed by atoms with Gasteiger partial charge in [0.2, 0.25) is 0 Å². The molecule has 1 aromatic carbocycles. The fraction of sp³-hybridized carbons (Fsp3) is 0.429. The fourth-order valence-corrected chi connectivity index (χ4v) is 1.84. The summed E-state index contributed by atoms with van der Waals surface area (Å²) in [6.07, 6.45) is -0.462. The molecule has 1 aromatic heterocycles. The van der Waals surface area contributed by atoms with Crippen LogP contribution in [0.3, 0.4) is 0 Å². The largest absolute Gasteiger partial charge is 0.444 e. The molecule has 0 radical (unpaired) electrons. The summed E-state index contributed by atoms with van der Waals surface area (Å²) < 4.78 is 5.17. The number of amides is 1. The van der Waals surface area contributed by atoms with Gasteiger partial charge in [-0.05, 0) is 26.8 Å². The lowest BCUT2D eigenvalue weighted by Crippen LogP contribution is -2.75. The number of rotatable bonds is 4. The Kier molecular flexibility index (Phi) is 4.44. The Morgan fingerprint density at radius 3 is 2.86 bits per heavy atom. The molecule has 114 valence electrons. The lowest BCUT2D eigenvalue weighted by molar-refractivity contribution is -0.830. The van der Waals surface area contributed by atoms with Gasteiger partial charge >= 0.3 is 6.09 Å². The molecule has 0 aliphatic heterocycles.